The van der Waals surface area contributed by atoms with Crippen molar-refractivity contribution in [2.45, 2.75) is 51.4 Å². The monoisotopic (exact) mass is 484 g/mol. The van der Waals surface area contributed by atoms with Gasteiger partial charge in [-0.3, -0.25) is 14.4 Å². The van der Waals surface area contributed by atoms with Crippen LogP contribution in [0.3, 0.4) is 0 Å². The molecule has 0 atom stereocenters. The van der Waals surface area contributed by atoms with Crippen molar-refractivity contribution in [1.29, 1.82) is 0 Å². The van der Waals surface area contributed by atoms with Crippen LogP contribution in [0.15, 0.2) is 45.9 Å². The highest BCUT2D eigenvalue weighted by Gasteiger charge is 2.44. The Labute approximate surface area is 209 Å². The first-order valence-corrected chi connectivity index (χ1v) is 13.1. The Balaban J connectivity index is 1.41. The van der Waals surface area contributed by atoms with Crippen LogP contribution in [0, 0.1) is 0 Å². The lowest BCUT2D eigenvalue weighted by molar-refractivity contribution is -0.130. The molecule has 1 aromatic carbocycles. The lowest BCUT2D eigenvalue weighted by atomic mass is 9.80. The van der Waals surface area contributed by atoms with Crippen LogP contribution in [0.2, 0.25) is 0 Å². The second-order valence-electron chi connectivity index (χ2n) is 10.6. The molecule has 184 valence electrons. The number of aliphatic hydroxyl groups excluding tert-OH is 1. The number of aromatic hydroxyl groups is 1. The van der Waals surface area contributed by atoms with E-state index in [9.17, 15) is 24.6 Å². The Morgan fingerprint density at radius 3 is 2.19 bits per heavy atom. The molecule has 0 saturated carbocycles. The summed E-state index contributed by atoms with van der Waals surface area (Å²) in [6.07, 6.45) is 8.33. The maximum atomic E-state index is 13.6. The van der Waals surface area contributed by atoms with Crippen molar-refractivity contribution < 1.29 is 24.6 Å². The number of rotatable bonds is 1. The summed E-state index contributed by atoms with van der Waals surface area (Å²) in [7, 11) is 0. The van der Waals surface area contributed by atoms with Crippen LogP contribution in [0.5, 0.6) is 5.75 Å². The lowest BCUT2D eigenvalue weighted by Crippen LogP contribution is -2.37. The third kappa shape index (κ3) is 2.83. The van der Waals surface area contributed by atoms with Gasteiger partial charge in [-0.1, -0.05) is 0 Å². The third-order valence-corrected chi connectivity index (χ3v) is 8.64. The number of allylic oxidation sites excluding steroid dienone is 6. The van der Waals surface area contributed by atoms with Crippen molar-refractivity contribution in [3.05, 3.63) is 62.6 Å². The predicted molar refractivity (Wildman–Crippen MR) is 134 cm³/mol. The van der Waals surface area contributed by atoms with E-state index in [1.54, 1.807) is 12.1 Å². The minimum absolute atomic E-state index is 0.0391. The molecule has 7 heteroatoms. The predicted octanol–water partition coefficient (Wildman–Crippen LogP) is 3.46. The van der Waals surface area contributed by atoms with Crippen molar-refractivity contribution >= 4 is 28.6 Å². The molecule has 0 aromatic heterocycles. The first-order chi connectivity index (χ1) is 17.5. The van der Waals surface area contributed by atoms with Gasteiger partial charge < -0.3 is 20.0 Å². The number of phenolic OH excluding ortho intramolecular Hbond substituents is 1. The fraction of sp³-hybridized carbons (Fsp3) is 0.414. The summed E-state index contributed by atoms with van der Waals surface area (Å²) in [5, 5.41) is 22.6. The van der Waals surface area contributed by atoms with E-state index in [4.69, 9.17) is 0 Å². The summed E-state index contributed by atoms with van der Waals surface area (Å²) in [5.74, 6) is -2.53. The number of nitrogens with zero attached hydrogens (tertiary/aromatic N) is 2. The molecule has 7 nitrogen and oxygen atoms in total. The Morgan fingerprint density at radius 2 is 1.39 bits per heavy atom. The van der Waals surface area contributed by atoms with Crippen LogP contribution >= 0.6 is 0 Å². The molecule has 2 N–H and O–H groups in total. The standard InChI is InChI=1S/C29H28N2O5/c32-25-17-7-3-11-30-9-1-5-15(23(17)30)13-19(25)21-27(34)22(29(36)28(21)35)20-14-16-6-2-10-31-12-4-8-18(24(16)31)26(20)33/h13-14,32,34H,1-12H2. The van der Waals surface area contributed by atoms with Crippen molar-refractivity contribution in [3.63, 3.8) is 0 Å². The number of carbonyl (C=O) groups excluding carboxylic acids is 3. The van der Waals surface area contributed by atoms with Gasteiger partial charge in [0.15, 0.2) is 5.78 Å². The van der Waals surface area contributed by atoms with Gasteiger partial charge >= 0.3 is 0 Å². The largest absolute Gasteiger partial charge is 0.507 e. The second kappa shape index (κ2) is 7.69. The van der Waals surface area contributed by atoms with Gasteiger partial charge in [-0.05, 0) is 74.6 Å². The van der Waals surface area contributed by atoms with Crippen LogP contribution in [0.4, 0.5) is 5.69 Å². The molecule has 0 amide bonds. The molecule has 36 heavy (non-hydrogen) atoms. The van der Waals surface area contributed by atoms with Crippen LogP contribution in [-0.4, -0.2) is 58.6 Å². The zero-order valence-corrected chi connectivity index (χ0v) is 20.2. The molecule has 0 radical (unpaired) electrons. The van der Waals surface area contributed by atoms with E-state index in [0.717, 1.165) is 92.8 Å². The summed E-state index contributed by atoms with van der Waals surface area (Å²) in [5.41, 5.74) is 5.44. The molecule has 1 saturated heterocycles. The van der Waals surface area contributed by atoms with E-state index in [-0.39, 0.29) is 33.8 Å². The summed E-state index contributed by atoms with van der Waals surface area (Å²) < 4.78 is 0. The summed E-state index contributed by atoms with van der Waals surface area (Å²) in [4.78, 5) is 44.7. The number of ketones is 3. The van der Waals surface area contributed by atoms with Crippen LogP contribution in [0.1, 0.15) is 55.2 Å². The number of piperidine rings is 1. The van der Waals surface area contributed by atoms with Gasteiger partial charge in [0.1, 0.15) is 11.5 Å². The van der Waals surface area contributed by atoms with Crippen molar-refractivity contribution in [1.82, 2.24) is 4.90 Å². The molecule has 1 fully saturated rings. The van der Waals surface area contributed by atoms with Gasteiger partial charge in [-0.15, -0.1) is 0 Å². The Kier molecular flexibility index (Phi) is 4.63. The van der Waals surface area contributed by atoms with Crippen molar-refractivity contribution in [2.24, 2.45) is 0 Å². The van der Waals surface area contributed by atoms with Gasteiger partial charge in [0, 0.05) is 59.8 Å². The normalized spacial score (nSPS) is 25.4. The van der Waals surface area contributed by atoms with Crippen LogP contribution < -0.4 is 4.90 Å². The average molecular weight is 485 g/mol. The summed E-state index contributed by atoms with van der Waals surface area (Å²) in [6, 6.07) is 1.76. The molecule has 0 unspecified atom stereocenters. The highest BCUT2D eigenvalue weighted by atomic mass is 16.3. The number of anilines is 1. The Bertz CT molecular complexity index is 1420. The zero-order chi connectivity index (χ0) is 24.7. The van der Waals surface area contributed by atoms with Gasteiger partial charge in [-0.25, -0.2) is 0 Å². The molecule has 2 aliphatic carbocycles. The van der Waals surface area contributed by atoms with E-state index in [0.29, 0.717) is 18.4 Å². The quantitative estimate of drug-likeness (QED) is 0.465. The SMILES string of the molecule is O=C1C(=C2C(=O)C(=O)C(c3cc4c5c(c3O)CCCN5CCC4)=C2O)C=C2CCCN3CCCC1=C23. The molecular weight excluding hydrogens is 456 g/mol. The first kappa shape index (κ1) is 21.7. The number of phenols is 1. The number of Topliss-reactive ketones (excluding diaryl/α,β-unsaturated/α-hetero) is 3. The minimum atomic E-state index is -0.873. The fourth-order valence-electron chi connectivity index (χ4n) is 7.12. The van der Waals surface area contributed by atoms with Gasteiger partial charge in [0.05, 0.1) is 11.1 Å². The first-order valence-electron chi connectivity index (χ1n) is 13.1. The second-order valence-corrected chi connectivity index (χ2v) is 10.6. The van der Waals surface area contributed by atoms with E-state index in [1.807, 2.05) is 0 Å². The summed E-state index contributed by atoms with van der Waals surface area (Å²) in [6.45, 7) is 3.71. The average Bonchev–Trinajstić information content (AvgIpc) is 3.11. The van der Waals surface area contributed by atoms with Crippen LogP contribution in [0.25, 0.3) is 5.57 Å². The molecule has 0 bridgehead atoms. The van der Waals surface area contributed by atoms with E-state index in [1.165, 1.54) is 0 Å². The lowest BCUT2D eigenvalue weighted by Gasteiger charge is -2.40. The molecule has 4 aliphatic heterocycles. The van der Waals surface area contributed by atoms with Gasteiger partial charge in [0.2, 0.25) is 11.6 Å². The fourth-order valence-corrected chi connectivity index (χ4v) is 7.12. The maximum absolute atomic E-state index is 13.6. The maximum Gasteiger partial charge on any atom is 0.238 e. The molecule has 1 aromatic rings. The Hall–Kier alpha value is -3.61. The number of aliphatic hydroxyl groups is 1. The van der Waals surface area contributed by atoms with Crippen LogP contribution in [-0.2, 0) is 27.2 Å². The van der Waals surface area contributed by atoms with E-state index in [2.05, 4.69) is 9.80 Å². The minimum Gasteiger partial charge on any atom is -0.507 e. The molecular formula is C29H28N2O5. The number of aryl methyl sites for hydroxylation is 1. The van der Waals surface area contributed by atoms with Crippen molar-refractivity contribution in [2.75, 3.05) is 31.1 Å². The topological polar surface area (TPSA) is 98.1 Å². The van der Waals surface area contributed by atoms with Gasteiger partial charge in [0.25, 0.3) is 0 Å². The highest BCUT2D eigenvalue weighted by Crippen LogP contribution is 2.47. The van der Waals surface area contributed by atoms with Gasteiger partial charge in [-0.2, -0.15) is 0 Å². The molecule has 4 heterocycles. The zero-order valence-electron chi connectivity index (χ0n) is 20.2. The molecule has 7 rings (SSSR count). The van der Waals surface area contributed by atoms with Crippen molar-refractivity contribution in [3.8, 4) is 5.75 Å². The highest BCUT2D eigenvalue weighted by molar-refractivity contribution is 6.63. The smallest absolute Gasteiger partial charge is 0.238 e. The summed E-state index contributed by atoms with van der Waals surface area (Å²) >= 11 is 0. The van der Waals surface area contributed by atoms with E-state index >= 15 is 0 Å². The molecule has 6 aliphatic rings. The number of hydrogen-bond acceptors (Lipinski definition) is 7. The number of benzene rings is 1. The third-order valence-electron chi connectivity index (χ3n) is 8.64. The van der Waals surface area contributed by atoms with E-state index < -0.39 is 17.3 Å². The number of hydrogen-bond donors (Lipinski definition) is 2. The number of carbonyl (C=O) groups is 3. The Morgan fingerprint density at radius 1 is 0.722 bits per heavy atom. The molecule has 0 spiro atoms.